The summed E-state index contributed by atoms with van der Waals surface area (Å²) in [6.07, 6.45) is 1.46. The Labute approximate surface area is 77.2 Å². The second-order valence-corrected chi connectivity index (χ2v) is 4.34. The Morgan fingerprint density at radius 3 is 2.38 bits per heavy atom. The van der Waals surface area contributed by atoms with Crippen molar-refractivity contribution in [3.63, 3.8) is 0 Å². The van der Waals surface area contributed by atoms with Crippen LogP contribution in [0.2, 0.25) is 0 Å². The maximum atomic E-state index is 11.0. The minimum Gasteiger partial charge on any atom is -0.378 e. The van der Waals surface area contributed by atoms with Crippen molar-refractivity contribution in [1.29, 1.82) is 0 Å². The van der Waals surface area contributed by atoms with Crippen molar-refractivity contribution in [2.75, 3.05) is 26.3 Å². The normalized spacial score (nSPS) is 20.5. The van der Waals surface area contributed by atoms with Gasteiger partial charge in [0, 0.05) is 13.1 Å². The average molecular weight is 207 g/mol. The summed E-state index contributed by atoms with van der Waals surface area (Å²) in [5, 5.41) is 0. The van der Waals surface area contributed by atoms with Gasteiger partial charge in [-0.25, -0.2) is 0 Å². The van der Waals surface area contributed by atoms with Gasteiger partial charge in [-0.1, -0.05) is 6.08 Å². The zero-order valence-electron chi connectivity index (χ0n) is 7.51. The van der Waals surface area contributed by atoms with Crippen LogP contribution in [-0.4, -0.2) is 41.0 Å². The van der Waals surface area contributed by atoms with Crippen LogP contribution in [-0.2, 0) is 9.30 Å². The third-order valence-electron chi connectivity index (χ3n) is 1.89. The number of ether oxygens (including phenoxy) is 1. The second-order valence-electron chi connectivity index (χ2n) is 2.79. The molecule has 5 nitrogen and oxygen atoms in total. The molecule has 0 aromatic rings. The average Bonchev–Trinajstić information content (AvgIpc) is 2.05. The van der Waals surface area contributed by atoms with E-state index in [1.807, 2.05) is 0 Å². The van der Waals surface area contributed by atoms with Gasteiger partial charge in [0.05, 0.1) is 13.2 Å². The summed E-state index contributed by atoms with van der Waals surface area (Å²) >= 11 is 0. The topological polar surface area (TPSA) is 70.0 Å². The lowest BCUT2D eigenvalue weighted by atomic mass is 10.4. The van der Waals surface area contributed by atoms with Gasteiger partial charge in [-0.15, -0.1) is 0 Å². The summed E-state index contributed by atoms with van der Waals surface area (Å²) in [5.74, 6) is 0. The van der Waals surface area contributed by atoms with Crippen molar-refractivity contribution in [2.24, 2.45) is 0 Å². The molecule has 0 aliphatic carbocycles. The van der Waals surface area contributed by atoms with Gasteiger partial charge in [0.1, 0.15) is 5.44 Å². The standard InChI is InChI=1S/C7H14NO4P/c1-2-7(13(9,10)11)8-3-5-12-6-4-8/h2H,3-6H2,1H3,(H2,9,10,11). The van der Waals surface area contributed by atoms with Crippen molar-refractivity contribution >= 4 is 7.60 Å². The Balaban J connectivity index is 2.72. The lowest BCUT2D eigenvalue weighted by Crippen LogP contribution is -2.35. The third-order valence-corrected chi connectivity index (χ3v) is 3.03. The highest BCUT2D eigenvalue weighted by Crippen LogP contribution is 2.46. The number of allylic oxidation sites excluding steroid dienone is 1. The molecule has 13 heavy (non-hydrogen) atoms. The van der Waals surface area contributed by atoms with E-state index in [4.69, 9.17) is 14.5 Å². The highest BCUT2D eigenvalue weighted by Gasteiger charge is 2.26. The molecule has 0 saturated carbocycles. The first-order chi connectivity index (χ1) is 6.05. The number of hydrogen-bond donors (Lipinski definition) is 2. The molecule has 0 amide bonds. The molecule has 6 heteroatoms. The van der Waals surface area contributed by atoms with Gasteiger partial charge in [-0.2, -0.15) is 0 Å². The molecule has 1 rings (SSSR count). The fourth-order valence-corrected chi connectivity index (χ4v) is 2.23. The van der Waals surface area contributed by atoms with Crippen molar-refractivity contribution in [3.05, 3.63) is 11.5 Å². The van der Waals surface area contributed by atoms with E-state index in [0.717, 1.165) is 0 Å². The fourth-order valence-electron chi connectivity index (χ4n) is 1.33. The summed E-state index contributed by atoms with van der Waals surface area (Å²) in [4.78, 5) is 19.7. The summed E-state index contributed by atoms with van der Waals surface area (Å²) in [6, 6.07) is 0. The smallest absolute Gasteiger partial charge is 0.371 e. The molecule has 1 fully saturated rings. The third kappa shape index (κ3) is 2.81. The minimum atomic E-state index is -4.11. The zero-order valence-corrected chi connectivity index (χ0v) is 8.41. The Morgan fingerprint density at radius 2 is 2.00 bits per heavy atom. The van der Waals surface area contributed by atoms with Gasteiger partial charge in [-0.05, 0) is 6.92 Å². The Morgan fingerprint density at radius 1 is 1.46 bits per heavy atom. The van der Waals surface area contributed by atoms with E-state index in [9.17, 15) is 4.57 Å². The van der Waals surface area contributed by atoms with Gasteiger partial charge in [0.15, 0.2) is 0 Å². The molecule has 0 spiro atoms. The van der Waals surface area contributed by atoms with E-state index in [-0.39, 0.29) is 5.44 Å². The van der Waals surface area contributed by atoms with E-state index in [1.54, 1.807) is 11.8 Å². The van der Waals surface area contributed by atoms with Crippen LogP contribution in [0.25, 0.3) is 0 Å². The Bertz CT molecular complexity index is 241. The predicted octanol–water partition coefficient (Wildman–Crippen LogP) is 0.358. The molecule has 1 saturated heterocycles. The van der Waals surface area contributed by atoms with Crippen molar-refractivity contribution in [3.8, 4) is 0 Å². The lowest BCUT2D eigenvalue weighted by molar-refractivity contribution is 0.0556. The Hall–Kier alpha value is -0.350. The van der Waals surface area contributed by atoms with Crippen molar-refractivity contribution < 1.29 is 19.1 Å². The van der Waals surface area contributed by atoms with Gasteiger partial charge >= 0.3 is 7.60 Å². The molecule has 0 radical (unpaired) electrons. The van der Waals surface area contributed by atoms with Crippen LogP contribution in [0, 0.1) is 0 Å². The molecule has 0 aromatic carbocycles. The number of morpholine rings is 1. The molecule has 1 heterocycles. The molecule has 0 aromatic heterocycles. The van der Waals surface area contributed by atoms with Gasteiger partial charge < -0.3 is 19.4 Å². The molecular formula is C7H14NO4P. The highest BCUT2D eigenvalue weighted by atomic mass is 31.2. The van der Waals surface area contributed by atoms with Crippen LogP contribution < -0.4 is 0 Å². The van der Waals surface area contributed by atoms with E-state index < -0.39 is 7.60 Å². The summed E-state index contributed by atoms with van der Waals surface area (Å²) in [7, 11) is -4.11. The quantitative estimate of drug-likeness (QED) is 0.639. The van der Waals surface area contributed by atoms with Gasteiger partial charge in [-0.3, -0.25) is 4.57 Å². The zero-order chi connectivity index (χ0) is 9.90. The van der Waals surface area contributed by atoms with Crippen molar-refractivity contribution in [2.45, 2.75) is 6.92 Å². The number of rotatable bonds is 2. The maximum absolute atomic E-state index is 11.0. The first-order valence-electron chi connectivity index (χ1n) is 4.11. The summed E-state index contributed by atoms with van der Waals surface area (Å²) in [5.41, 5.74) is 0.107. The molecule has 0 unspecified atom stereocenters. The first kappa shape index (κ1) is 10.7. The van der Waals surface area contributed by atoms with E-state index >= 15 is 0 Å². The van der Waals surface area contributed by atoms with Crippen LogP contribution in [0.15, 0.2) is 11.5 Å². The molecule has 1 aliphatic heterocycles. The largest absolute Gasteiger partial charge is 0.378 e. The maximum Gasteiger partial charge on any atom is 0.371 e. The second kappa shape index (κ2) is 4.24. The van der Waals surface area contributed by atoms with Crippen LogP contribution in [0.4, 0.5) is 0 Å². The van der Waals surface area contributed by atoms with Crippen LogP contribution >= 0.6 is 7.60 Å². The van der Waals surface area contributed by atoms with Crippen molar-refractivity contribution in [1.82, 2.24) is 4.90 Å². The molecule has 0 atom stereocenters. The SMILES string of the molecule is CC=C(N1CCOCC1)P(=O)(O)O. The molecule has 1 aliphatic rings. The van der Waals surface area contributed by atoms with Crippen LogP contribution in [0.1, 0.15) is 6.92 Å². The van der Waals surface area contributed by atoms with Crippen LogP contribution in [0.5, 0.6) is 0 Å². The van der Waals surface area contributed by atoms with Gasteiger partial charge in [0.25, 0.3) is 0 Å². The first-order valence-corrected chi connectivity index (χ1v) is 5.72. The summed E-state index contributed by atoms with van der Waals surface area (Å²) < 4.78 is 16.1. The predicted molar refractivity (Wildman–Crippen MR) is 48.2 cm³/mol. The number of hydrogen-bond acceptors (Lipinski definition) is 3. The fraction of sp³-hybridized carbons (Fsp3) is 0.714. The molecule has 76 valence electrons. The van der Waals surface area contributed by atoms with Crippen LogP contribution in [0.3, 0.4) is 0 Å². The number of nitrogens with zero attached hydrogens (tertiary/aromatic N) is 1. The minimum absolute atomic E-state index is 0.107. The molecular weight excluding hydrogens is 193 g/mol. The van der Waals surface area contributed by atoms with E-state index in [2.05, 4.69) is 0 Å². The Kier molecular flexibility index (Phi) is 3.50. The highest BCUT2D eigenvalue weighted by molar-refractivity contribution is 7.56. The summed E-state index contributed by atoms with van der Waals surface area (Å²) in [6.45, 7) is 3.77. The molecule has 0 bridgehead atoms. The van der Waals surface area contributed by atoms with Gasteiger partial charge in [0.2, 0.25) is 0 Å². The lowest BCUT2D eigenvalue weighted by Gasteiger charge is -2.30. The molecule has 2 N–H and O–H groups in total. The van der Waals surface area contributed by atoms with E-state index in [0.29, 0.717) is 26.3 Å². The van der Waals surface area contributed by atoms with E-state index in [1.165, 1.54) is 6.08 Å². The monoisotopic (exact) mass is 207 g/mol.